The second-order valence-electron chi connectivity index (χ2n) is 6.28. The second-order valence-corrected chi connectivity index (χ2v) is 6.28. The third-order valence-corrected chi connectivity index (χ3v) is 3.89. The van der Waals surface area contributed by atoms with Crippen molar-refractivity contribution in [2.24, 2.45) is 4.99 Å². The van der Waals surface area contributed by atoms with Crippen molar-refractivity contribution < 1.29 is 4.74 Å². The normalized spacial score (nSPS) is 11.6. The van der Waals surface area contributed by atoms with Gasteiger partial charge < -0.3 is 20.3 Å². The van der Waals surface area contributed by atoms with Crippen LogP contribution in [-0.4, -0.2) is 52.2 Å². The molecule has 24 heavy (non-hydrogen) atoms. The predicted octanol–water partition coefficient (Wildman–Crippen LogP) is 2.87. The zero-order valence-electron chi connectivity index (χ0n) is 15.8. The van der Waals surface area contributed by atoms with Gasteiger partial charge in [0.15, 0.2) is 5.96 Å². The van der Waals surface area contributed by atoms with E-state index in [1.807, 2.05) is 25.2 Å². The summed E-state index contributed by atoms with van der Waals surface area (Å²) in [6.07, 6.45) is 6.38. The van der Waals surface area contributed by atoms with Crippen molar-refractivity contribution in [2.45, 2.75) is 38.6 Å². The van der Waals surface area contributed by atoms with Gasteiger partial charge >= 0.3 is 0 Å². The molecule has 0 aliphatic rings. The Hall–Kier alpha value is -1.75. The van der Waals surface area contributed by atoms with Crippen LogP contribution in [0.3, 0.4) is 0 Å². The minimum Gasteiger partial charge on any atom is -0.497 e. The van der Waals surface area contributed by atoms with E-state index >= 15 is 0 Å². The molecule has 0 heterocycles. The van der Waals surface area contributed by atoms with Gasteiger partial charge in [0.25, 0.3) is 0 Å². The molecule has 0 amide bonds. The molecule has 0 saturated heterocycles. The minimum absolute atomic E-state index is 0.738. The summed E-state index contributed by atoms with van der Waals surface area (Å²) in [7, 11) is 7.76. The summed E-state index contributed by atoms with van der Waals surface area (Å²) < 4.78 is 5.24. The topological polar surface area (TPSA) is 48.9 Å². The highest BCUT2D eigenvalue weighted by Crippen LogP contribution is 2.12. The number of ether oxygens (including phenoxy) is 1. The maximum absolute atomic E-state index is 5.24. The van der Waals surface area contributed by atoms with E-state index in [9.17, 15) is 0 Å². The first-order chi connectivity index (χ1) is 11.7. The summed E-state index contributed by atoms with van der Waals surface area (Å²) in [5.74, 6) is 1.73. The van der Waals surface area contributed by atoms with Gasteiger partial charge in [-0.15, -0.1) is 0 Å². The highest BCUT2D eigenvalue weighted by Gasteiger charge is 2.00. The van der Waals surface area contributed by atoms with Crippen LogP contribution >= 0.6 is 0 Å². The van der Waals surface area contributed by atoms with Crippen LogP contribution in [0.1, 0.15) is 37.7 Å². The number of methoxy groups -OCH3 is 1. The van der Waals surface area contributed by atoms with E-state index in [4.69, 9.17) is 4.74 Å². The van der Waals surface area contributed by atoms with Crippen LogP contribution in [0, 0.1) is 0 Å². The number of aliphatic imine (C=N–C) groups is 1. The van der Waals surface area contributed by atoms with E-state index in [1.165, 1.54) is 44.2 Å². The molecule has 0 bridgehead atoms. The fourth-order valence-electron chi connectivity index (χ4n) is 2.48. The molecule has 0 atom stereocenters. The van der Waals surface area contributed by atoms with Crippen LogP contribution in [0.15, 0.2) is 29.3 Å². The zero-order valence-corrected chi connectivity index (χ0v) is 15.8. The van der Waals surface area contributed by atoms with Crippen molar-refractivity contribution in [1.82, 2.24) is 15.5 Å². The van der Waals surface area contributed by atoms with Crippen molar-refractivity contribution in [3.63, 3.8) is 0 Å². The van der Waals surface area contributed by atoms with Gasteiger partial charge in [0.2, 0.25) is 0 Å². The maximum atomic E-state index is 5.24. The third kappa shape index (κ3) is 9.40. The van der Waals surface area contributed by atoms with Crippen molar-refractivity contribution in [3.8, 4) is 5.75 Å². The standard InChI is InChI=1S/C19H34N4O/c1-20-19(21-13-8-6-5-7-9-14-23(2)3)22-16-17-11-10-12-18(15-17)24-4/h10-12,15H,5-9,13-14,16H2,1-4H3,(H2,20,21,22). The molecule has 0 radical (unpaired) electrons. The van der Waals surface area contributed by atoms with Gasteiger partial charge in [0.1, 0.15) is 5.75 Å². The maximum Gasteiger partial charge on any atom is 0.191 e. The molecule has 0 fully saturated rings. The molecular formula is C19H34N4O. The lowest BCUT2D eigenvalue weighted by Crippen LogP contribution is -2.37. The molecule has 0 spiro atoms. The fraction of sp³-hybridized carbons (Fsp3) is 0.632. The average Bonchev–Trinajstić information content (AvgIpc) is 2.59. The number of rotatable bonds is 11. The summed E-state index contributed by atoms with van der Waals surface area (Å²) in [6.45, 7) is 2.89. The average molecular weight is 335 g/mol. The molecule has 1 aromatic rings. The Labute approximate surface area is 147 Å². The van der Waals surface area contributed by atoms with E-state index in [2.05, 4.69) is 40.7 Å². The highest BCUT2D eigenvalue weighted by atomic mass is 16.5. The summed E-state index contributed by atoms with van der Waals surface area (Å²) in [6, 6.07) is 8.07. The predicted molar refractivity (Wildman–Crippen MR) is 103 cm³/mol. The number of nitrogens with one attached hydrogen (secondary N) is 2. The lowest BCUT2D eigenvalue weighted by atomic mass is 10.1. The Bertz CT molecular complexity index is 474. The Balaban J connectivity index is 2.12. The summed E-state index contributed by atoms with van der Waals surface area (Å²) in [5, 5.41) is 6.72. The van der Waals surface area contributed by atoms with Gasteiger partial charge in [-0.3, -0.25) is 4.99 Å². The summed E-state index contributed by atoms with van der Waals surface area (Å²) in [5.41, 5.74) is 1.18. The van der Waals surface area contributed by atoms with Crippen LogP contribution in [-0.2, 0) is 6.54 Å². The first kappa shape index (κ1) is 20.3. The monoisotopic (exact) mass is 334 g/mol. The van der Waals surface area contributed by atoms with Crippen molar-refractivity contribution in [3.05, 3.63) is 29.8 Å². The number of benzene rings is 1. The zero-order chi connectivity index (χ0) is 17.6. The molecule has 5 nitrogen and oxygen atoms in total. The third-order valence-electron chi connectivity index (χ3n) is 3.89. The molecule has 0 saturated carbocycles. The van der Waals surface area contributed by atoms with E-state index < -0.39 is 0 Å². The molecule has 0 aromatic heterocycles. The number of guanidine groups is 1. The largest absolute Gasteiger partial charge is 0.497 e. The minimum atomic E-state index is 0.738. The van der Waals surface area contributed by atoms with Crippen LogP contribution in [0.4, 0.5) is 0 Å². The molecular weight excluding hydrogens is 300 g/mol. The number of unbranched alkanes of at least 4 members (excludes halogenated alkanes) is 4. The fourth-order valence-corrected chi connectivity index (χ4v) is 2.48. The number of hydrogen-bond donors (Lipinski definition) is 2. The molecule has 0 aliphatic carbocycles. The van der Waals surface area contributed by atoms with E-state index in [0.717, 1.165) is 24.8 Å². The Morgan fingerprint density at radius 1 is 1.08 bits per heavy atom. The van der Waals surface area contributed by atoms with Gasteiger partial charge in [-0.1, -0.05) is 31.4 Å². The molecule has 1 rings (SSSR count). The Morgan fingerprint density at radius 3 is 2.54 bits per heavy atom. The van der Waals surface area contributed by atoms with Crippen molar-refractivity contribution >= 4 is 5.96 Å². The molecule has 1 aromatic carbocycles. The summed E-state index contributed by atoms with van der Waals surface area (Å²) in [4.78, 5) is 6.52. The highest BCUT2D eigenvalue weighted by molar-refractivity contribution is 5.79. The van der Waals surface area contributed by atoms with Gasteiger partial charge in [-0.25, -0.2) is 0 Å². The Morgan fingerprint density at radius 2 is 1.83 bits per heavy atom. The van der Waals surface area contributed by atoms with Crippen LogP contribution in [0.25, 0.3) is 0 Å². The van der Waals surface area contributed by atoms with Crippen molar-refractivity contribution in [1.29, 1.82) is 0 Å². The number of hydrogen-bond acceptors (Lipinski definition) is 3. The summed E-state index contributed by atoms with van der Waals surface area (Å²) >= 11 is 0. The van der Waals surface area contributed by atoms with E-state index in [1.54, 1.807) is 7.11 Å². The lowest BCUT2D eigenvalue weighted by Gasteiger charge is -2.12. The van der Waals surface area contributed by atoms with Gasteiger partial charge in [-0.05, 0) is 51.2 Å². The molecule has 136 valence electrons. The molecule has 0 aliphatic heterocycles. The van der Waals surface area contributed by atoms with E-state index in [-0.39, 0.29) is 0 Å². The van der Waals surface area contributed by atoms with Gasteiger partial charge in [0.05, 0.1) is 7.11 Å². The van der Waals surface area contributed by atoms with Crippen LogP contribution in [0.5, 0.6) is 5.75 Å². The first-order valence-electron chi connectivity index (χ1n) is 8.88. The Kier molecular flexibility index (Phi) is 10.7. The number of nitrogens with zero attached hydrogens (tertiary/aromatic N) is 2. The van der Waals surface area contributed by atoms with E-state index in [0.29, 0.717) is 0 Å². The molecule has 2 N–H and O–H groups in total. The SMILES string of the molecule is CN=C(NCCCCCCCN(C)C)NCc1cccc(OC)c1. The first-order valence-corrected chi connectivity index (χ1v) is 8.88. The molecule has 5 heteroatoms. The quantitative estimate of drug-likeness (QED) is 0.371. The second kappa shape index (κ2) is 12.6. The lowest BCUT2D eigenvalue weighted by molar-refractivity contribution is 0.389. The van der Waals surface area contributed by atoms with Gasteiger partial charge in [0, 0.05) is 20.1 Å². The molecule has 0 unspecified atom stereocenters. The van der Waals surface area contributed by atoms with Crippen molar-refractivity contribution in [2.75, 3.05) is 41.3 Å². The smallest absolute Gasteiger partial charge is 0.191 e. The van der Waals surface area contributed by atoms with Crippen LogP contribution in [0.2, 0.25) is 0 Å². The van der Waals surface area contributed by atoms with Crippen LogP contribution < -0.4 is 15.4 Å². The van der Waals surface area contributed by atoms with Gasteiger partial charge in [-0.2, -0.15) is 0 Å².